The molecule has 2 amide bonds. The maximum absolute atomic E-state index is 13.1. The number of halogens is 1. The number of carbonyl (C=O) groups is 3. The maximum Gasteiger partial charge on any atom is 0.308 e. The van der Waals surface area contributed by atoms with Crippen LogP contribution in [0.1, 0.15) is 29.3 Å². The molecule has 2 aromatic rings. The fraction of sp³-hybridized carbons (Fsp3) is 0.250. The minimum Gasteiger partial charge on any atom is -0.427 e. The van der Waals surface area contributed by atoms with Gasteiger partial charge in [0.1, 0.15) is 11.6 Å². The molecule has 7 heteroatoms. The molecule has 6 nitrogen and oxygen atoms in total. The molecule has 0 aliphatic rings. The zero-order valence-corrected chi connectivity index (χ0v) is 15.0. The van der Waals surface area contributed by atoms with Gasteiger partial charge >= 0.3 is 5.97 Å². The molecule has 0 aliphatic carbocycles. The molecule has 0 heterocycles. The second-order valence-corrected chi connectivity index (χ2v) is 5.89. The average molecular weight is 372 g/mol. The average Bonchev–Trinajstić information content (AvgIpc) is 2.61. The van der Waals surface area contributed by atoms with E-state index in [0.29, 0.717) is 36.4 Å². The Bertz CT molecular complexity index is 823. The van der Waals surface area contributed by atoms with Crippen molar-refractivity contribution in [3.8, 4) is 5.75 Å². The first-order chi connectivity index (χ1) is 12.9. The number of ether oxygens (including phenoxy) is 1. The molecule has 2 N–H and O–H groups in total. The standard InChI is InChI=1S/C20H21FN2O4/c1-14(24)27-18-8-3-6-16(13-18)20(26)23-10-4-9-22-19(25)12-15-5-2-7-17(21)11-15/h2-3,5-8,11,13H,4,9-10,12H2,1H3,(H,22,25)(H,23,26). The first-order valence-electron chi connectivity index (χ1n) is 8.52. The van der Waals surface area contributed by atoms with Gasteiger partial charge in [-0.1, -0.05) is 18.2 Å². The first-order valence-corrected chi connectivity index (χ1v) is 8.52. The predicted molar refractivity (Wildman–Crippen MR) is 97.8 cm³/mol. The predicted octanol–water partition coefficient (Wildman–Crippen LogP) is 2.23. The lowest BCUT2D eigenvalue weighted by Gasteiger charge is -2.08. The van der Waals surface area contributed by atoms with Gasteiger partial charge in [-0.3, -0.25) is 14.4 Å². The summed E-state index contributed by atoms with van der Waals surface area (Å²) in [6.07, 6.45) is 0.650. The highest BCUT2D eigenvalue weighted by Gasteiger charge is 2.08. The quantitative estimate of drug-likeness (QED) is 0.423. The van der Waals surface area contributed by atoms with Crippen LogP contribution in [0.2, 0.25) is 0 Å². The van der Waals surface area contributed by atoms with Crippen LogP contribution in [-0.2, 0) is 16.0 Å². The van der Waals surface area contributed by atoms with Gasteiger partial charge in [-0.25, -0.2) is 4.39 Å². The molecule has 142 valence electrons. The monoisotopic (exact) mass is 372 g/mol. The Hall–Kier alpha value is -3.22. The van der Waals surface area contributed by atoms with Gasteiger partial charge in [0, 0.05) is 25.6 Å². The van der Waals surface area contributed by atoms with Crippen LogP contribution in [0.3, 0.4) is 0 Å². The van der Waals surface area contributed by atoms with E-state index < -0.39 is 5.97 Å². The fourth-order valence-corrected chi connectivity index (χ4v) is 2.38. The summed E-state index contributed by atoms with van der Waals surface area (Å²) in [7, 11) is 0. The molecule has 0 saturated heterocycles. The van der Waals surface area contributed by atoms with Crippen LogP contribution in [0.5, 0.6) is 5.75 Å². The van der Waals surface area contributed by atoms with E-state index in [1.54, 1.807) is 30.3 Å². The molecule has 0 atom stereocenters. The molecule has 0 aliphatic heterocycles. The highest BCUT2D eigenvalue weighted by atomic mass is 19.1. The fourth-order valence-electron chi connectivity index (χ4n) is 2.38. The van der Waals surface area contributed by atoms with E-state index in [-0.39, 0.29) is 24.1 Å². The summed E-state index contributed by atoms with van der Waals surface area (Å²) in [6, 6.07) is 12.2. The van der Waals surface area contributed by atoms with Gasteiger partial charge in [-0.2, -0.15) is 0 Å². The molecule has 0 fully saturated rings. The lowest BCUT2D eigenvalue weighted by molar-refractivity contribution is -0.131. The molecule has 0 spiro atoms. The summed E-state index contributed by atoms with van der Waals surface area (Å²) < 4.78 is 18.0. The molecule has 0 radical (unpaired) electrons. The van der Waals surface area contributed by atoms with Gasteiger partial charge in [0.25, 0.3) is 5.91 Å². The Labute approximate surface area is 156 Å². The Morgan fingerprint density at radius 2 is 1.74 bits per heavy atom. The molecule has 0 unspecified atom stereocenters. The third kappa shape index (κ3) is 7.27. The van der Waals surface area contributed by atoms with Crippen LogP contribution >= 0.6 is 0 Å². The van der Waals surface area contributed by atoms with Gasteiger partial charge in [-0.05, 0) is 42.3 Å². The molecule has 2 aromatic carbocycles. The molecule has 0 bridgehead atoms. The highest BCUT2D eigenvalue weighted by molar-refractivity contribution is 5.94. The summed E-state index contributed by atoms with van der Waals surface area (Å²) >= 11 is 0. The molecule has 0 saturated carbocycles. The van der Waals surface area contributed by atoms with E-state index in [4.69, 9.17) is 4.74 Å². The van der Waals surface area contributed by atoms with Crippen molar-refractivity contribution in [2.24, 2.45) is 0 Å². The van der Waals surface area contributed by atoms with Crippen molar-refractivity contribution in [1.29, 1.82) is 0 Å². The van der Waals surface area contributed by atoms with E-state index in [9.17, 15) is 18.8 Å². The normalized spacial score (nSPS) is 10.1. The van der Waals surface area contributed by atoms with Crippen molar-refractivity contribution in [2.45, 2.75) is 19.8 Å². The van der Waals surface area contributed by atoms with Crippen LogP contribution in [0.15, 0.2) is 48.5 Å². The number of benzene rings is 2. The minimum absolute atomic E-state index is 0.104. The molecule has 2 rings (SSSR count). The summed E-state index contributed by atoms with van der Waals surface area (Å²) in [5.41, 5.74) is 0.984. The molecule has 27 heavy (non-hydrogen) atoms. The van der Waals surface area contributed by atoms with E-state index in [2.05, 4.69) is 10.6 Å². The van der Waals surface area contributed by atoms with Crippen molar-refractivity contribution in [3.63, 3.8) is 0 Å². The maximum atomic E-state index is 13.1. The first kappa shape index (κ1) is 20.1. The SMILES string of the molecule is CC(=O)Oc1cccc(C(=O)NCCCNC(=O)Cc2cccc(F)c2)c1. The second kappa shape index (κ2) is 10.1. The highest BCUT2D eigenvalue weighted by Crippen LogP contribution is 2.13. The zero-order valence-electron chi connectivity index (χ0n) is 15.0. The largest absolute Gasteiger partial charge is 0.427 e. The number of hydrogen-bond acceptors (Lipinski definition) is 4. The van der Waals surface area contributed by atoms with Crippen LogP contribution in [0, 0.1) is 5.82 Å². The van der Waals surface area contributed by atoms with Crippen LogP contribution in [0.4, 0.5) is 4.39 Å². The van der Waals surface area contributed by atoms with Gasteiger partial charge in [0.15, 0.2) is 0 Å². The van der Waals surface area contributed by atoms with Gasteiger partial charge in [-0.15, -0.1) is 0 Å². The number of nitrogens with one attached hydrogen (secondary N) is 2. The summed E-state index contributed by atoms with van der Waals surface area (Å²) in [5, 5.41) is 5.45. The lowest BCUT2D eigenvalue weighted by Crippen LogP contribution is -2.30. The molecular weight excluding hydrogens is 351 g/mol. The summed E-state index contributed by atoms with van der Waals surface area (Å²) in [6.45, 7) is 2.05. The Kier molecular flexibility index (Phi) is 7.49. The van der Waals surface area contributed by atoms with Crippen LogP contribution < -0.4 is 15.4 Å². The van der Waals surface area contributed by atoms with Gasteiger partial charge < -0.3 is 15.4 Å². The van der Waals surface area contributed by atoms with Crippen molar-refractivity contribution in [2.75, 3.05) is 13.1 Å². The Balaban J connectivity index is 1.68. The lowest BCUT2D eigenvalue weighted by atomic mass is 10.1. The third-order valence-electron chi connectivity index (χ3n) is 3.57. The van der Waals surface area contributed by atoms with E-state index in [1.807, 2.05) is 0 Å². The minimum atomic E-state index is -0.457. The number of esters is 1. The van der Waals surface area contributed by atoms with Crippen LogP contribution in [0.25, 0.3) is 0 Å². The number of hydrogen-bond donors (Lipinski definition) is 2. The Morgan fingerprint density at radius 3 is 2.48 bits per heavy atom. The summed E-state index contributed by atoms with van der Waals surface area (Å²) in [4.78, 5) is 34.8. The Morgan fingerprint density at radius 1 is 1.00 bits per heavy atom. The van der Waals surface area contributed by atoms with E-state index in [1.165, 1.54) is 25.1 Å². The second-order valence-electron chi connectivity index (χ2n) is 5.89. The van der Waals surface area contributed by atoms with Crippen molar-refractivity contribution in [3.05, 3.63) is 65.5 Å². The van der Waals surface area contributed by atoms with Crippen molar-refractivity contribution >= 4 is 17.8 Å². The number of carbonyl (C=O) groups excluding carboxylic acids is 3. The number of amides is 2. The van der Waals surface area contributed by atoms with E-state index >= 15 is 0 Å². The summed E-state index contributed by atoms with van der Waals surface area (Å²) in [5.74, 6) is -1.03. The van der Waals surface area contributed by atoms with Gasteiger partial charge in [0.2, 0.25) is 5.91 Å². The topological polar surface area (TPSA) is 84.5 Å². The van der Waals surface area contributed by atoms with Crippen molar-refractivity contribution < 1.29 is 23.5 Å². The van der Waals surface area contributed by atoms with Gasteiger partial charge in [0.05, 0.1) is 6.42 Å². The van der Waals surface area contributed by atoms with E-state index in [0.717, 1.165) is 0 Å². The third-order valence-corrected chi connectivity index (χ3v) is 3.57. The van der Waals surface area contributed by atoms with Crippen molar-refractivity contribution in [1.82, 2.24) is 10.6 Å². The number of rotatable bonds is 8. The molecule has 0 aromatic heterocycles. The molecular formula is C20H21FN2O4. The smallest absolute Gasteiger partial charge is 0.308 e. The zero-order chi connectivity index (χ0) is 19.6. The van der Waals surface area contributed by atoms with Crippen LogP contribution in [-0.4, -0.2) is 30.9 Å².